The number of aryl methyl sites for hydroxylation is 1. The van der Waals surface area contributed by atoms with Crippen LogP contribution in [-0.2, 0) is 5.41 Å². The summed E-state index contributed by atoms with van der Waals surface area (Å²) in [5.74, 6) is 0.496. The first-order chi connectivity index (χ1) is 10.4. The second kappa shape index (κ2) is 5.20. The lowest BCUT2D eigenvalue weighted by atomic mass is 9.81. The van der Waals surface area contributed by atoms with Crippen LogP contribution in [0.2, 0.25) is 0 Å². The average molecular weight is 293 g/mol. The Morgan fingerprint density at radius 1 is 1.09 bits per heavy atom. The van der Waals surface area contributed by atoms with Crippen molar-refractivity contribution in [3.8, 4) is 11.1 Å². The topological polar surface area (TPSA) is 39.2 Å². The maximum atomic E-state index is 6.18. The summed E-state index contributed by atoms with van der Waals surface area (Å²) in [5, 5.41) is 1.11. The van der Waals surface area contributed by atoms with Crippen molar-refractivity contribution >= 4 is 16.9 Å². The summed E-state index contributed by atoms with van der Waals surface area (Å²) >= 11 is 0. The Balaban J connectivity index is 2.32. The zero-order chi connectivity index (χ0) is 15.9. The van der Waals surface area contributed by atoms with Crippen LogP contribution >= 0.6 is 0 Å². The fourth-order valence-corrected chi connectivity index (χ4v) is 2.89. The standard InChI is InChI=1S/C20H23NO/c1-5-20(3,4)15-11-13(2)18-16(12-15)17(19(21)22-18)14-9-7-6-8-10-14/h6-12H,5,21H2,1-4H3. The van der Waals surface area contributed by atoms with E-state index < -0.39 is 0 Å². The SMILES string of the molecule is CCC(C)(C)c1cc(C)c2oc(N)c(-c3ccccc3)c2c1. The van der Waals surface area contributed by atoms with E-state index in [2.05, 4.69) is 52.0 Å². The molecule has 0 radical (unpaired) electrons. The van der Waals surface area contributed by atoms with Crippen LogP contribution in [0.15, 0.2) is 46.9 Å². The number of rotatable bonds is 3. The van der Waals surface area contributed by atoms with Gasteiger partial charge in [0, 0.05) is 5.39 Å². The Labute approximate surface area is 131 Å². The third kappa shape index (κ3) is 2.29. The Bertz CT molecular complexity index is 813. The van der Waals surface area contributed by atoms with Crippen molar-refractivity contribution in [3.63, 3.8) is 0 Å². The number of hydrogen-bond donors (Lipinski definition) is 1. The van der Waals surface area contributed by atoms with E-state index in [9.17, 15) is 0 Å². The molecule has 0 saturated heterocycles. The van der Waals surface area contributed by atoms with Crippen molar-refractivity contribution in [2.24, 2.45) is 0 Å². The zero-order valence-corrected chi connectivity index (χ0v) is 13.7. The fourth-order valence-electron chi connectivity index (χ4n) is 2.89. The largest absolute Gasteiger partial charge is 0.440 e. The average Bonchev–Trinajstić information content (AvgIpc) is 2.85. The molecule has 1 heterocycles. The molecule has 0 fully saturated rings. The van der Waals surface area contributed by atoms with Crippen LogP contribution in [-0.4, -0.2) is 0 Å². The second-order valence-corrected chi connectivity index (χ2v) is 6.61. The highest BCUT2D eigenvalue weighted by Crippen LogP contribution is 2.40. The van der Waals surface area contributed by atoms with Crippen LogP contribution in [0.1, 0.15) is 38.3 Å². The van der Waals surface area contributed by atoms with E-state index in [-0.39, 0.29) is 5.41 Å². The van der Waals surface area contributed by atoms with Crippen molar-refractivity contribution in [2.45, 2.75) is 39.5 Å². The molecular weight excluding hydrogens is 270 g/mol. The normalized spacial score (nSPS) is 12.0. The van der Waals surface area contributed by atoms with Gasteiger partial charge in [-0.2, -0.15) is 0 Å². The zero-order valence-electron chi connectivity index (χ0n) is 13.7. The summed E-state index contributed by atoms with van der Waals surface area (Å²) in [5.41, 5.74) is 11.8. The summed E-state index contributed by atoms with van der Waals surface area (Å²) in [6, 6.07) is 14.7. The van der Waals surface area contributed by atoms with Crippen molar-refractivity contribution in [1.29, 1.82) is 0 Å². The van der Waals surface area contributed by atoms with Gasteiger partial charge in [0.1, 0.15) is 5.58 Å². The van der Waals surface area contributed by atoms with Gasteiger partial charge in [-0.25, -0.2) is 0 Å². The summed E-state index contributed by atoms with van der Waals surface area (Å²) in [7, 11) is 0. The van der Waals surface area contributed by atoms with Gasteiger partial charge in [-0.1, -0.05) is 57.2 Å². The maximum Gasteiger partial charge on any atom is 0.199 e. The Morgan fingerprint density at radius 3 is 2.41 bits per heavy atom. The quantitative estimate of drug-likeness (QED) is 0.675. The van der Waals surface area contributed by atoms with Crippen LogP contribution < -0.4 is 5.73 Å². The fraction of sp³-hybridized carbons (Fsp3) is 0.300. The van der Waals surface area contributed by atoms with E-state index in [1.807, 2.05) is 18.2 Å². The summed E-state index contributed by atoms with van der Waals surface area (Å²) in [4.78, 5) is 0. The van der Waals surface area contributed by atoms with Gasteiger partial charge in [0.2, 0.25) is 0 Å². The van der Waals surface area contributed by atoms with E-state index >= 15 is 0 Å². The van der Waals surface area contributed by atoms with Crippen LogP contribution in [0.25, 0.3) is 22.1 Å². The van der Waals surface area contributed by atoms with Gasteiger partial charge >= 0.3 is 0 Å². The van der Waals surface area contributed by atoms with Crippen LogP contribution in [0, 0.1) is 6.92 Å². The molecule has 22 heavy (non-hydrogen) atoms. The number of benzene rings is 2. The van der Waals surface area contributed by atoms with Crippen molar-refractivity contribution in [1.82, 2.24) is 0 Å². The predicted octanol–water partition coefficient (Wildman–Crippen LogP) is 5.68. The van der Waals surface area contributed by atoms with Crippen LogP contribution in [0.4, 0.5) is 5.88 Å². The molecule has 1 aromatic heterocycles. The smallest absolute Gasteiger partial charge is 0.199 e. The molecule has 2 heteroatoms. The number of hydrogen-bond acceptors (Lipinski definition) is 2. The molecule has 0 aliphatic carbocycles. The van der Waals surface area contributed by atoms with E-state index in [0.717, 1.165) is 34.1 Å². The minimum atomic E-state index is 0.138. The van der Waals surface area contributed by atoms with Crippen molar-refractivity contribution in [2.75, 3.05) is 5.73 Å². The molecule has 0 spiro atoms. The lowest BCUT2D eigenvalue weighted by Gasteiger charge is -2.24. The molecule has 0 unspecified atom stereocenters. The van der Waals surface area contributed by atoms with E-state index in [0.29, 0.717) is 5.88 Å². The highest BCUT2D eigenvalue weighted by Gasteiger charge is 2.22. The molecule has 2 N–H and O–H groups in total. The molecule has 114 valence electrons. The third-order valence-corrected chi connectivity index (χ3v) is 4.73. The first kappa shape index (κ1) is 14.7. The minimum absolute atomic E-state index is 0.138. The number of anilines is 1. The maximum absolute atomic E-state index is 6.18. The number of furan rings is 1. The molecule has 0 aliphatic heterocycles. The monoisotopic (exact) mass is 293 g/mol. The number of nitrogen functional groups attached to an aromatic ring is 1. The third-order valence-electron chi connectivity index (χ3n) is 4.73. The Morgan fingerprint density at radius 2 is 1.77 bits per heavy atom. The van der Waals surface area contributed by atoms with E-state index in [1.54, 1.807) is 0 Å². The highest BCUT2D eigenvalue weighted by molar-refractivity contribution is 6.01. The van der Waals surface area contributed by atoms with Crippen LogP contribution in [0.3, 0.4) is 0 Å². The van der Waals surface area contributed by atoms with Gasteiger partial charge < -0.3 is 10.2 Å². The first-order valence-electron chi connectivity index (χ1n) is 7.82. The summed E-state index contributed by atoms with van der Waals surface area (Å²) < 4.78 is 5.86. The van der Waals surface area contributed by atoms with Gasteiger partial charge in [-0.05, 0) is 41.5 Å². The molecule has 3 rings (SSSR count). The van der Waals surface area contributed by atoms with E-state index in [4.69, 9.17) is 10.2 Å². The Kier molecular flexibility index (Phi) is 3.48. The molecule has 0 aliphatic rings. The molecule has 0 atom stereocenters. The number of fused-ring (bicyclic) bond motifs is 1. The lowest BCUT2D eigenvalue weighted by molar-refractivity contribution is 0.506. The summed E-state index contributed by atoms with van der Waals surface area (Å²) in [6.45, 7) is 8.87. The first-order valence-corrected chi connectivity index (χ1v) is 7.82. The molecular formula is C20H23NO. The highest BCUT2D eigenvalue weighted by atomic mass is 16.3. The van der Waals surface area contributed by atoms with Gasteiger partial charge in [-0.15, -0.1) is 0 Å². The molecule has 0 amide bonds. The number of nitrogens with two attached hydrogens (primary N) is 1. The van der Waals surface area contributed by atoms with Gasteiger partial charge in [-0.3, -0.25) is 0 Å². The van der Waals surface area contributed by atoms with Gasteiger partial charge in [0.05, 0.1) is 5.56 Å². The van der Waals surface area contributed by atoms with E-state index in [1.165, 1.54) is 5.56 Å². The van der Waals surface area contributed by atoms with Crippen molar-refractivity contribution in [3.05, 3.63) is 53.6 Å². The van der Waals surface area contributed by atoms with Crippen LogP contribution in [0.5, 0.6) is 0 Å². The van der Waals surface area contributed by atoms with Gasteiger partial charge in [0.15, 0.2) is 5.88 Å². The predicted molar refractivity (Wildman–Crippen MR) is 94.1 cm³/mol. The molecule has 0 saturated carbocycles. The molecule has 2 aromatic carbocycles. The molecule has 2 nitrogen and oxygen atoms in total. The minimum Gasteiger partial charge on any atom is -0.440 e. The summed E-state index contributed by atoms with van der Waals surface area (Å²) in [6.07, 6.45) is 1.09. The molecule has 0 bridgehead atoms. The second-order valence-electron chi connectivity index (χ2n) is 6.61. The molecule has 3 aromatic rings. The van der Waals surface area contributed by atoms with Gasteiger partial charge in [0.25, 0.3) is 0 Å². The lowest BCUT2D eigenvalue weighted by Crippen LogP contribution is -2.15. The Hall–Kier alpha value is -2.22. The van der Waals surface area contributed by atoms with Crippen molar-refractivity contribution < 1.29 is 4.42 Å².